The van der Waals surface area contributed by atoms with Crippen LogP contribution < -0.4 is 5.73 Å². The highest BCUT2D eigenvalue weighted by molar-refractivity contribution is 5.29. The molecule has 2 nitrogen and oxygen atoms in total. The Balaban J connectivity index is 2.04. The molecule has 0 radical (unpaired) electrons. The standard InChI is InChI=1S/C16H25NO/c1-4-16-14(5-6-18-16)15(17)10-13-8-11(2)7-12(3)9-13/h7-9,14-16H,4-6,10,17H2,1-3H3. The van der Waals surface area contributed by atoms with Gasteiger partial charge in [0.15, 0.2) is 0 Å². The molecule has 1 fully saturated rings. The summed E-state index contributed by atoms with van der Waals surface area (Å²) >= 11 is 0. The lowest BCUT2D eigenvalue weighted by Crippen LogP contribution is -2.37. The minimum Gasteiger partial charge on any atom is -0.378 e. The first-order chi connectivity index (χ1) is 8.60. The second kappa shape index (κ2) is 5.85. The van der Waals surface area contributed by atoms with E-state index in [1.165, 1.54) is 16.7 Å². The lowest BCUT2D eigenvalue weighted by molar-refractivity contribution is 0.0814. The van der Waals surface area contributed by atoms with Crippen molar-refractivity contribution in [2.24, 2.45) is 11.7 Å². The van der Waals surface area contributed by atoms with Gasteiger partial charge in [-0.15, -0.1) is 0 Å². The highest BCUT2D eigenvalue weighted by Crippen LogP contribution is 2.27. The smallest absolute Gasteiger partial charge is 0.0616 e. The third kappa shape index (κ3) is 3.12. The molecule has 18 heavy (non-hydrogen) atoms. The van der Waals surface area contributed by atoms with Gasteiger partial charge in [0, 0.05) is 18.6 Å². The second-order valence-electron chi connectivity index (χ2n) is 5.63. The van der Waals surface area contributed by atoms with E-state index < -0.39 is 0 Å². The summed E-state index contributed by atoms with van der Waals surface area (Å²) in [4.78, 5) is 0. The largest absolute Gasteiger partial charge is 0.378 e. The van der Waals surface area contributed by atoms with E-state index in [0.29, 0.717) is 12.0 Å². The van der Waals surface area contributed by atoms with E-state index in [2.05, 4.69) is 39.0 Å². The molecule has 2 rings (SSSR count). The van der Waals surface area contributed by atoms with Crippen molar-refractivity contribution in [1.29, 1.82) is 0 Å². The van der Waals surface area contributed by atoms with Crippen LogP contribution >= 0.6 is 0 Å². The Bertz CT molecular complexity index is 382. The zero-order valence-electron chi connectivity index (χ0n) is 11.8. The average Bonchev–Trinajstić information content (AvgIpc) is 2.75. The van der Waals surface area contributed by atoms with E-state index in [1.54, 1.807) is 0 Å². The molecular formula is C16H25NO. The number of aryl methyl sites for hydroxylation is 2. The fraction of sp³-hybridized carbons (Fsp3) is 0.625. The van der Waals surface area contributed by atoms with Crippen molar-refractivity contribution in [3.63, 3.8) is 0 Å². The van der Waals surface area contributed by atoms with Crippen LogP contribution in [0.15, 0.2) is 18.2 Å². The number of hydrogen-bond acceptors (Lipinski definition) is 2. The first-order valence-corrected chi connectivity index (χ1v) is 7.04. The van der Waals surface area contributed by atoms with Crippen molar-refractivity contribution < 1.29 is 4.74 Å². The maximum absolute atomic E-state index is 6.40. The summed E-state index contributed by atoms with van der Waals surface area (Å²) in [6, 6.07) is 6.94. The van der Waals surface area contributed by atoms with Gasteiger partial charge in [-0.25, -0.2) is 0 Å². The molecule has 3 atom stereocenters. The van der Waals surface area contributed by atoms with Crippen LogP contribution in [0.3, 0.4) is 0 Å². The normalized spacial score (nSPS) is 25.3. The van der Waals surface area contributed by atoms with Gasteiger partial charge >= 0.3 is 0 Å². The Labute approximate surface area is 111 Å². The van der Waals surface area contributed by atoms with Gasteiger partial charge < -0.3 is 10.5 Å². The van der Waals surface area contributed by atoms with Crippen LogP contribution in [0.4, 0.5) is 0 Å². The predicted molar refractivity (Wildman–Crippen MR) is 75.7 cm³/mol. The predicted octanol–water partition coefficient (Wildman–Crippen LogP) is 2.99. The molecule has 0 bridgehead atoms. The van der Waals surface area contributed by atoms with E-state index in [4.69, 9.17) is 10.5 Å². The Morgan fingerprint density at radius 2 is 1.94 bits per heavy atom. The molecule has 2 heteroatoms. The van der Waals surface area contributed by atoms with Crippen LogP contribution in [-0.4, -0.2) is 18.8 Å². The first kappa shape index (κ1) is 13.6. The Hall–Kier alpha value is -0.860. The van der Waals surface area contributed by atoms with E-state index in [0.717, 1.165) is 25.9 Å². The topological polar surface area (TPSA) is 35.2 Å². The maximum atomic E-state index is 6.40. The van der Waals surface area contributed by atoms with Crippen LogP contribution in [0.2, 0.25) is 0 Å². The summed E-state index contributed by atoms with van der Waals surface area (Å²) in [6.45, 7) is 7.36. The van der Waals surface area contributed by atoms with Crippen molar-refractivity contribution in [3.8, 4) is 0 Å². The molecule has 100 valence electrons. The summed E-state index contributed by atoms with van der Waals surface area (Å²) in [5.41, 5.74) is 10.4. The highest BCUT2D eigenvalue weighted by atomic mass is 16.5. The number of nitrogens with two attached hydrogens (primary N) is 1. The maximum Gasteiger partial charge on any atom is 0.0616 e. The van der Waals surface area contributed by atoms with Crippen LogP contribution in [0, 0.1) is 19.8 Å². The van der Waals surface area contributed by atoms with Crippen LogP contribution in [0.1, 0.15) is 36.5 Å². The van der Waals surface area contributed by atoms with Crippen LogP contribution in [-0.2, 0) is 11.2 Å². The van der Waals surface area contributed by atoms with Crippen molar-refractivity contribution in [3.05, 3.63) is 34.9 Å². The molecule has 1 aliphatic rings. The van der Waals surface area contributed by atoms with Gasteiger partial charge in [0.25, 0.3) is 0 Å². The monoisotopic (exact) mass is 247 g/mol. The quantitative estimate of drug-likeness (QED) is 0.887. The zero-order valence-corrected chi connectivity index (χ0v) is 11.8. The lowest BCUT2D eigenvalue weighted by Gasteiger charge is -2.24. The molecule has 0 aliphatic carbocycles. The molecule has 1 heterocycles. The molecular weight excluding hydrogens is 222 g/mol. The van der Waals surface area contributed by atoms with Gasteiger partial charge in [0.1, 0.15) is 0 Å². The Morgan fingerprint density at radius 1 is 1.28 bits per heavy atom. The molecule has 1 aromatic carbocycles. The van der Waals surface area contributed by atoms with Crippen LogP contribution in [0.5, 0.6) is 0 Å². The molecule has 0 aromatic heterocycles. The molecule has 0 spiro atoms. The van der Waals surface area contributed by atoms with Crippen molar-refractivity contribution in [2.45, 2.75) is 52.2 Å². The van der Waals surface area contributed by atoms with E-state index in [9.17, 15) is 0 Å². The second-order valence-corrected chi connectivity index (χ2v) is 5.63. The van der Waals surface area contributed by atoms with E-state index >= 15 is 0 Å². The van der Waals surface area contributed by atoms with Gasteiger partial charge in [-0.05, 0) is 38.7 Å². The van der Waals surface area contributed by atoms with Crippen LogP contribution in [0.25, 0.3) is 0 Å². The van der Waals surface area contributed by atoms with E-state index in [1.807, 2.05) is 0 Å². The molecule has 0 amide bonds. The highest BCUT2D eigenvalue weighted by Gasteiger charge is 2.31. The van der Waals surface area contributed by atoms with Crippen molar-refractivity contribution in [1.82, 2.24) is 0 Å². The fourth-order valence-electron chi connectivity index (χ4n) is 3.19. The Kier molecular flexibility index (Phi) is 4.41. The molecule has 3 unspecified atom stereocenters. The van der Waals surface area contributed by atoms with Gasteiger partial charge in [-0.1, -0.05) is 36.2 Å². The molecule has 1 saturated heterocycles. The third-order valence-corrected chi connectivity index (χ3v) is 3.97. The fourth-order valence-corrected chi connectivity index (χ4v) is 3.19. The van der Waals surface area contributed by atoms with Gasteiger partial charge in [0.05, 0.1) is 6.10 Å². The minimum absolute atomic E-state index is 0.221. The average molecular weight is 247 g/mol. The number of hydrogen-bond donors (Lipinski definition) is 1. The minimum atomic E-state index is 0.221. The number of benzene rings is 1. The third-order valence-electron chi connectivity index (χ3n) is 3.97. The molecule has 1 aromatic rings. The summed E-state index contributed by atoms with van der Waals surface area (Å²) in [5, 5.41) is 0. The zero-order chi connectivity index (χ0) is 13.1. The summed E-state index contributed by atoms with van der Waals surface area (Å²) in [7, 11) is 0. The number of ether oxygens (including phenoxy) is 1. The Morgan fingerprint density at radius 3 is 2.56 bits per heavy atom. The summed E-state index contributed by atoms with van der Waals surface area (Å²) < 4.78 is 5.74. The number of rotatable bonds is 4. The van der Waals surface area contributed by atoms with E-state index in [-0.39, 0.29) is 6.04 Å². The molecule has 0 saturated carbocycles. The van der Waals surface area contributed by atoms with Crippen molar-refractivity contribution >= 4 is 0 Å². The molecule has 2 N–H and O–H groups in total. The van der Waals surface area contributed by atoms with Crippen molar-refractivity contribution in [2.75, 3.05) is 6.61 Å². The first-order valence-electron chi connectivity index (χ1n) is 7.04. The van der Waals surface area contributed by atoms with Gasteiger partial charge in [-0.2, -0.15) is 0 Å². The summed E-state index contributed by atoms with van der Waals surface area (Å²) in [6.07, 6.45) is 3.52. The van der Waals surface area contributed by atoms with Gasteiger partial charge in [-0.3, -0.25) is 0 Å². The SMILES string of the molecule is CCC1OCCC1C(N)Cc1cc(C)cc(C)c1. The lowest BCUT2D eigenvalue weighted by atomic mass is 9.87. The van der Waals surface area contributed by atoms with Gasteiger partial charge in [0.2, 0.25) is 0 Å². The molecule has 1 aliphatic heterocycles. The summed E-state index contributed by atoms with van der Waals surface area (Å²) in [5.74, 6) is 0.524.